The van der Waals surface area contributed by atoms with Crippen LogP contribution in [0.15, 0.2) is 36.5 Å². The molecule has 186 valence electrons. The van der Waals surface area contributed by atoms with Crippen molar-refractivity contribution in [2.75, 3.05) is 32.1 Å². The van der Waals surface area contributed by atoms with E-state index in [1.165, 1.54) is 12.3 Å². The van der Waals surface area contributed by atoms with Crippen LogP contribution >= 0.6 is 11.6 Å². The molecule has 0 radical (unpaired) electrons. The number of ether oxygens (including phenoxy) is 1. The van der Waals surface area contributed by atoms with E-state index in [2.05, 4.69) is 25.2 Å². The average Bonchev–Trinajstić information content (AvgIpc) is 3.40. The Bertz CT molecular complexity index is 1500. The summed E-state index contributed by atoms with van der Waals surface area (Å²) < 4.78 is 50.4. The van der Waals surface area contributed by atoms with E-state index < -0.39 is 17.8 Å². The molecule has 2 saturated heterocycles. The lowest BCUT2D eigenvalue weighted by molar-refractivity contribution is 0.107. The number of hydrogen-bond donors (Lipinski definition) is 1. The second-order valence-electron chi connectivity index (χ2n) is 9.42. The van der Waals surface area contributed by atoms with E-state index in [0.29, 0.717) is 40.5 Å². The van der Waals surface area contributed by atoms with Gasteiger partial charge in [0.15, 0.2) is 5.82 Å². The summed E-state index contributed by atoms with van der Waals surface area (Å²) in [4.78, 5) is 15.2. The van der Waals surface area contributed by atoms with E-state index in [0.717, 1.165) is 19.4 Å². The molecule has 6 nitrogen and oxygen atoms in total. The minimum absolute atomic E-state index is 0.00608. The van der Waals surface area contributed by atoms with Crippen LogP contribution in [-0.2, 0) is 0 Å². The molecule has 10 heteroatoms. The molecule has 2 fully saturated rings. The number of fused-ring (bicyclic) bond motifs is 3. The molecule has 6 rings (SSSR count). The maximum atomic E-state index is 16.0. The lowest BCUT2D eigenvalue weighted by Gasteiger charge is -2.30. The van der Waals surface area contributed by atoms with Gasteiger partial charge in [-0.15, -0.1) is 0 Å². The van der Waals surface area contributed by atoms with Gasteiger partial charge in [0.05, 0.1) is 15.9 Å². The highest BCUT2D eigenvalue weighted by Crippen LogP contribution is 2.41. The molecule has 2 aromatic heterocycles. The maximum Gasteiger partial charge on any atom is 0.319 e. The lowest BCUT2D eigenvalue weighted by Crippen LogP contribution is -2.43. The van der Waals surface area contributed by atoms with Gasteiger partial charge in [0.1, 0.15) is 35.6 Å². The van der Waals surface area contributed by atoms with Gasteiger partial charge in [-0.2, -0.15) is 9.97 Å². The van der Waals surface area contributed by atoms with Crippen molar-refractivity contribution < 1.29 is 17.9 Å². The smallest absolute Gasteiger partial charge is 0.319 e. The predicted octanol–water partition coefficient (Wildman–Crippen LogP) is 5.77. The summed E-state index contributed by atoms with van der Waals surface area (Å²) in [6.07, 6.45) is 2.80. The van der Waals surface area contributed by atoms with Gasteiger partial charge in [-0.1, -0.05) is 35.9 Å². The Kier molecular flexibility index (Phi) is 5.64. The van der Waals surface area contributed by atoms with Crippen molar-refractivity contribution in [1.29, 1.82) is 0 Å². The van der Waals surface area contributed by atoms with Crippen molar-refractivity contribution in [3.05, 3.63) is 53.2 Å². The molecular formula is C26H23ClF3N5O. The van der Waals surface area contributed by atoms with Gasteiger partial charge in [-0.3, -0.25) is 9.88 Å². The quantitative estimate of drug-likeness (QED) is 0.365. The number of alkyl halides is 1. The van der Waals surface area contributed by atoms with Gasteiger partial charge >= 0.3 is 6.01 Å². The Morgan fingerprint density at radius 3 is 2.92 bits per heavy atom. The third-order valence-corrected chi connectivity index (χ3v) is 7.69. The second kappa shape index (κ2) is 8.74. The Labute approximate surface area is 210 Å². The molecule has 0 aliphatic carbocycles. The zero-order chi connectivity index (χ0) is 25.0. The molecule has 0 spiro atoms. The number of nitrogens with zero attached hydrogens (tertiary/aromatic N) is 4. The van der Waals surface area contributed by atoms with E-state index in [4.69, 9.17) is 16.3 Å². The number of halogens is 4. The summed E-state index contributed by atoms with van der Waals surface area (Å²) in [5, 5.41) is 4.24. The van der Waals surface area contributed by atoms with Gasteiger partial charge in [-0.05, 0) is 30.8 Å². The van der Waals surface area contributed by atoms with E-state index in [9.17, 15) is 8.78 Å². The molecule has 4 heterocycles. The van der Waals surface area contributed by atoms with Crippen molar-refractivity contribution in [3.8, 4) is 17.3 Å². The Hall–Kier alpha value is -3.17. The fourth-order valence-electron chi connectivity index (χ4n) is 5.63. The van der Waals surface area contributed by atoms with Crippen LogP contribution in [0.4, 0.5) is 19.0 Å². The Balaban J connectivity index is 1.44. The maximum absolute atomic E-state index is 16.0. The topological polar surface area (TPSA) is 63.2 Å². The fraction of sp³-hybridized carbons (Fsp3) is 0.346. The summed E-state index contributed by atoms with van der Waals surface area (Å²) in [5.41, 5.74) is -0.0363. The van der Waals surface area contributed by atoms with Gasteiger partial charge in [0.2, 0.25) is 0 Å². The normalized spacial score (nSPS) is 21.9. The highest BCUT2D eigenvalue weighted by atomic mass is 35.5. The standard InChI is InChI=1S/C26H23ClF3N5O/c1-31-24-17-11-32-22(16-5-2-4-14-6-7-18(29)20(27)19(14)16)21(30)23(17)33-25(34-24)36-13-26-8-3-9-35(26)12-15(28)10-26/h2,4-7,11,15H,3,8-10,12-13H2,1H3,(H,31,33,34)/t15-,26+/m1/s1. The molecule has 4 aromatic rings. The van der Waals surface area contributed by atoms with Crippen molar-refractivity contribution in [1.82, 2.24) is 19.9 Å². The number of hydrogen-bond acceptors (Lipinski definition) is 6. The van der Waals surface area contributed by atoms with Gasteiger partial charge in [-0.25, -0.2) is 13.2 Å². The third-order valence-electron chi connectivity index (χ3n) is 7.32. The first-order chi connectivity index (χ1) is 17.4. The number of rotatable bonds is 5. The monoisotopic (exact) mass is 513 g/mol. The minimum Gasteiger partial charge on any atom is -0.461 e. The van der Waals surface area contributed by atoms with Gasteiger partial charge in [0, 0.05) is 37.2 Å². The van der Waals surface area contributed by atoms with Crippen LogP contribution in [0.2, 0.25) is 5.02 Å². The number of benzene rings is 2. The lowest BCUT2D eigenvalue weighted by atomic mass is 9.95. The summed E-state index contributed by atoms with van der Waals surface area (Å²) >= 11 is 6.27. The number of aromatic nitrogens is 3. The second-order valence-corrected chi connectivity index (χ2v) is 9.79. The van der Waals surface area contributed by atoms with Crippen LogP contribution in [0.25, 0.3) is 32.9 Å². The van der Waals surface area contributed by atoms with E-state index in [-0.39, 0.29) is 34.4 Å². The van der Waals surface area contributed by atoms with E-state index in [1.54, 1.807) is 31.3 Å². The Morgan fingerprint density at radius 1 is 1.22 bits per heavy atom. The number of anilines is 1. The Morgan fingerprint density at radius 2 is 2.08 bits per heavy atom. The zero-order valence-electron chi connectivity index (χ0n) is 19.5. The van der Waals surface area contributed by atoms with Crippen LogP contribution in [0, 0.1) is 11.6 Å². The molecule has 36 heavy (non-hydrogen) atoms. The van der Waals surface area contributed by atoms with Crippen molar-refractivity contribution >= 4 is 39.1 Å². The van der Waals surface area contributed by atoms with Crippen LogP contribution in [0.1, 0.15) is 19.3 Å². The van der Waals surface area contributed by atoms with Crippen molar-refractivity contribution in [2.24, 2.45) is 0 Å². The SMILES string of the molecule is CNc1nc(OC[C@@]23CCCN2C[C@H](F)C3)nc2c(F)c(-c3cccc4ccc(F)c(Cl)c34)ncc12. The first-order valence-corrected chi connectivity index (χ1v) is 12.2. The van der Waals surface area contributed by atoms with E-state index >= 15 is 4.39 Å². The molecule has 1 N–H and O–H groups in total. The highest BCUT2D eigenvalue weighted by molar-refractivity contribution is 6.36. The molecule has 0 bridgehead atoms. The minimum atomic E-state index is -0.886. The average molecular weight is 514 g/mol. The first-order valence-electron chi connectivity index (χ1n) is 11.8. The third kappa shape index (κ3) is 3.64. The number of nitrogens with one attached hydrogen (secondary N) is 1. The summed E-state index contributed by atoms with van der Waals surface area (Å²) in [6, 6.07) is 8.00. The van der Waals surface area contributed by atoms with Crippen LogP contribution in [0.3, 0.4) is 0 Å². The van der Waals surface area contributed by atoms with Crippen LogP contribution in [0.5, 0.6) is 6.01 Å². The molecule has 0 unspecified atom stereocenters. The summed E-state index contributed by atoms with van der Waals surface area (Å²) in [6.45, 7) is 1.46. The molecule has 2 aromatic carbocycles. The van der Waals surface area contributed by atoms with Crippen LogP contribution < -0.4 is 10.1 Å². The fourth-order valence-corrected chi connectivity index (χ4v) is 5.91. The van der Waals surface area contributed by atoms with Crippen LogP contribution in [-0.4, -0.2) is 58.3 Å². The summed E-state index contributed by atoms with van der Waals surface area (Å²) in [7, 11) is 1.66. The summed E-state index contributed by atoms with van der Waals surface area (Å²) in [5.74, 6) is -0.948. The number of pyridine rings is 1. The molecule has 2 aliphatic heterocycles. The molecule has 2 aliphatic rings. The molecule has 0 amide bonds. The molecule has 0 saturated carbocycles. The van der Waals surface area contributed by atoms with Crippen molar-refractivity contribution in [3.63, 3.8) is 0 Å². The largest absolute Gasteiger partial charge is 0.461 e. The first kappa shape index (κ1) is 23.2. The van der Waals surface area contributed by atoms with Crippen molar-refractivity contribution in [2.45, 2.75) is 31.0 Å². The van der Waals surface area contributed by atoms with Gasteiger partial charge < -0.3 is 10.1 Å². The van der Waals surface area contributed by atoms with E-state index in [1.807, 2.05) is 0 Å². The molecular weight excluding hydrogens is 491 g/mol. The molecule has 2 atom stereocenters. The predicted molar refractivity (Wildman–Crippen MR) is 133 cm³/mol. The van der Waals surface area contributed by atoms with Gasteiger partial charge in [0.25, 0.3) is 0 Å². The zero-order valence-corrected chi connectivity index (χ0v) is 20.2. The highest BCUT2D eigenvalue weighted by Gasteiger charge is 2.49.